The molecule has 3 aromatic carbocycles. The zero-order valence-electron chi connectivity index (χ0n) is 19.3. The summed E-state index contributed by atoms with van der Waals surface area (Å²) in [4.78, 5) is 11.2. The van der Waals surface area contributed by atoms with E-state index in [2.05, 4.69) is 15.0 Å². The van der Waals surface area contributed by atoms with Crippen LogP contribution in [0.5, 0.6) is 6.01 Å². The fourth-order valence-electron chi connectivity index (χ4n) is 4.44. The van der Waals surface area contributed by atoms with E-state index in [-0.39, 0.29) is 35.8 Å². The van der Waals surface area contributed by atoms with Crippen molar-refractivity contribution in [2.45, 2.75) is 18.3 Å². The summed E-state index contributed by atoms with van der Waals surface area (Å²) in [6.45, 7) is -0.327. The average molecular weight is 522 g/mol. The van der Waals surface area contributed by atoms with E-state index in [1.807, 2.05) is 41.8 Å². The Hall–Kier alpha value is -3.70. The Balaban J connectivity index is 1.26. The molecule has 0 saturated carbocycles. The third kappa shape index (κ3) is 4.38. The smallest absolute Gasteiger partial charge is 0.295 e. The number of nitrogens with one attached hydrogen (secondary N) is 1. The van der Waals surface area contributed by atoms with E-state index < -0.39 is 29.9 Å². The fraction of sp³-hybridized carbons (Fsp3) is 0.185. The molecule has 0 aliphatic carbocycles. The Kier molecular flexibility index (Phi) is 6.17. The number of thiazole rings is 1. The zero-order valence-corrected chi connectivity index (χ0v) is 20.1. The maximum atomic E-state index is 15.4. The van der Waals surface area contributed by atoms with Crippen LogP contribution in [-0.2, 0) is 4.74 Å². The molecule has 188 valence electrons. The van der Waals surface area contributed by atoms with Gasteiger partial charge in [-0.15, -0.1) is 11.3 Å². The number of aromatic nitrogens is 3. The molecule has 1 aliphatic heterocycles. The highest BCUT2D eigenvalue weighted by Crippen LogP contribution is 2.34. The molecule has 0 spiro atoms. The molecule has 2 aromatic heterocycles. The van der Waals surface area contributed by atoms with Gasteiger partial charge >= 0.3 is 0 Å². The van der Waals surface area contributed by atoms with Gasteiger partial charge in [0.15, 0.2) is 11.9 Å². The molecule has 6 rings (SSSR count). The SMILES string of the molecule is OC[C@H]1OCC(Oc2nc3c(F)c(-c4ccc(-c5ccc(-c6nccs6)cc5)cc4)c(F)cc3[nH]2)C1O. The normalized spacial score (nSPS) is 19.5. The highest BCUT2D eigenvalue weighted by molar-refractivity contribution is 7.13. The summed E-state index contributed by atoms with van der Waals surface area (Å²) in [5, 5.41) is 22.2. The number of halogens is 2. The number of ether oxygens (including phenoxy) is 2. The highest BCUT2D eigenvalue weighted by Gasteiger charge is 2.37. The molecule has 0 bridgehead atoms. The molecule has 1 aliphatic rings. The van der Waals surface area contributed by atoms with Crippen molar-refractivity contribution in [3.63, 3.8) is 0 Å². The van der Waals surface area contributed by atoms with E-state index in [4.69, 9.17) is 9.47 Å². The number of rotatable bonds is 6. The van der Waals surface area contributed by atoms with Crippen LogP contribution in [0.1, 0.15) is 0 Å². The van der Waals surface area contributed by atoms with Crippen LogP contribution in [0.2, 0.25) is 0 Å². The molecule has 0 amide bonds. The Labute approximate surface area is 214 Å². The Morgan fingerprint density at radius 3 is 2.32 bits per heavy atom. The van der Waals surface area contributed by atoms with Crippen LogP contribution < -0.4 is 4.74 Å². The Morgan fingerprint density at radius 1 is 1.03 bits per heavy atom. The van der Waals surface area contributed by atoms with E-state index in [9.17, 15) is 10.2 Å². The second-order valence-electron chi connectivity index (χ2n) is 8.68. The average Bonchev–Trinajstić information content (AvgIpc) is 3.66. The van der Waals surface area contributed by atoms with Crippen molar-refractivity contribution in [3.8, 4) is 38.8 Å². The standard InChI is InChI=1S/C27H21F2N3O4S/c28-18-11-19-24(32-27(31-19)36-21-13-35-20(12-33)25(21)34)23(29)22(18)16-5-1-14(2-6-16)15-3-7-17(8-4-15)26-30-9-10-37-26/h1-11,20-21,25,33-34H,12-13H2,(H,31,32)/t20-,21?,25?/m1/s1. The van der Waals surface area contributed by atoms with Crippen molar-refractivity contribution >= 4 is 22.4 Å². The molecule has 1 saturated heterocycles. The second-order valence-corrected chi connectivity index (χ2v) is 9.57. The summed E-state index contributed by atoms with van der Waals surface area (Å²) in [5.41, 5.74) is 3.12. The van der Waals surface area contributed by atoms with Gasteiger partial charge < -0.3 is 24.7 Å². The van der Waals surface area contributed by atoms with E-state index in [0.717, 1.165) is 27.8 Å². The van der Waals surface area contributed by atoms with Crippen LogP contribution in [0.15, 0.2) is 66.2 Å². The quantitative estimate of drug-likeness (QED) is 0.297. The first kappa shape index (κ1) is 23.7. The lowest BCUT2D eigenvalue weighted by Crippen LogP contribution is -2.36. The zero-order chi connectivity index (χ0) is 25.5. The fourth-order valence-corrected chi connectivity index (χ4v) is 5.09. The summed E-state index contributed by atoms with van der Waals surface area (Å²) in [7, 11) is 0. The van der Waals surface area contributed by atoms with Crippen molar-refractivity contribution in [3.05, 3.63) is 77.8 Å². The number of imidazole rings is 1. The Morgan fingerprint density at radius 2 is 1.70 bits per heavy atom. The molecule has 3 N–H and O–H groups in total. The van der Waals surface area contributed by atoms with E-state index >= 15 is 8.78 Å². The number of aromatic amines is 1. The lowest BCUT2D eigenvalue weighted by Gasteiger charge is -2.15. The van der Waals surface area contributed by atoms with Crippen LogP contribution in [-0.4, -0.2) is 56.7 Å². The predicted octanol–water partition coefficient (Wildman–Crippen LogP) is 4.80. The van der Waals surface area contributed by atoms with Crippen molar-refractivity contribution in [2.75, 3.05) is 13.2 Å². The third-order valence-electron chi connectivity index (χ3n) is 6.40. The number of aliphatic hydroxyl groups excluding tert-OH is 2. The maximum absolute atomic E-state index is 15.4. The van der Waals surface area contributed by atoms with Gasteiger partial charge in [-0.05, 0) is 16.7 Å². The molecule has 1 fully saturated rings. The van der Waals surface area contributed by atoms with E-state index in [1.165, 1.54) is 0 Å². The number of hydrogen-bond donors (Lipinski definition) is 3. The summed E-state index contributed by atoms with van der Waals surface area (Å²) < 4.78 is 41.3. The van der Waals surface area contributed by atoms with Crippen molar-refractivity contribution in [1.82, 2.24) is 15.0 Å². The molecule has 37 heavy (non-hydrogen) atoms. The van der Waals surface area contributed by atoms with Crippen LogP contribution in [0, 0.1) is 11.6 Å². The molecule has 10 heteroatoms. The van der Waals surface area contributed by atoms with Gasteiger partial charge in [0, 0.05) is 23.2 Å². The third-order valence-corrected chi connectivity index (χ3v) is 7.22. The molecule has 3 heterocycles. The summed E-state index contributed by atoms with van der Waals surface area (Å²) in [6, 6.07) is 16.0. The molecular formula is C27H21F2N3O4S. The van der Waals surface area contributed by atoms with E-state index in [0.29, 0.717) is 5.56 Å². The maximum Gasteiger partial charge on any atom is 0.295 e. The van der Waals surface area contributed by atoms with Crippen LogP contribution >= 0.6 is 11.3 Å². The van der Waals surface area contributed by atoms with Gasteiger partial charge in [0.05, 0.1) is 24.3 Å². The van der Waals surface area contributed by atoms with Gasteiger partial charge in [-0.25, -0.2) is 13.8 Å². The van der Waals surface area contributed by atoms with Gasteiger partial charge in [0.2, 0.25) is 0 Å². The van der Waals surface area contributed by atoms with Crippen LogP contribution in [0.3, 0.4) is 0 Å². The Bertz CT molecular complexity index is 1540. The second kappa shape index (κ2) is 9.64. The first-order chi connectivity index (χ1) is 18.0. The van der Waals surface area contributed by atoms with Gasteiger partial charge in [-0.1, -0.05) is 48.5 Å². The first-order valence-electron chi connectivity index (χ1n) is 11.6. The topological polar surface area (TPSA) is 100 Å². The van der Waals surface area contributed by atoms with Crippen LogP contribution in [0.25, 0.3) is 43.9 Å². The van der Waals surface area contributed by atoms with Gasteiger partial charge in [-0.2, -0.15) is 4.98 Å². The van der Waals surface area contributed by atoms with E-state index in [1.54, 1.807) is 29.7 Å². The number of aliphatic hydroxyl groups is 2. The minimum Gasteiger partial charge on any atom is -0.456 e. The van der Waals surface area contributed by atoms with Crippen molar-refractivity contribution < 1.29 is 28.5 Å². The van der Waals surface area contributed by atoms with Crippen molar-refractivity contribution in [2.24, 2.45) is 0 Å². The highest BCUT2D eigenvalue weighted by atomic mass is 32.1. The number of benzene rings is 3. The van der Waals surface area contributed by atoms with Crippen LogP contribution in [0.4, 0.5) is 8.78 Å². The molecule has 0 radical (unpaired) electrons. The number of H-pyrrole nitrogens is 1. The van der Waals surface area contributed by atoms with Gasteiger partial charge in [0.1, 0.15) is 28.5 Å². The molecule has 2 unspecified atom stereocenters. The van der Waals surface area contributed by atoms with Gasteiger partial charge in [-0.3, -0.25) is 0 Å². The monoisotopic (exact) mass is 521 g/mol. The predicted molar refractivity (Wildman–Crippen MR) is 135 cm³/mol. The number of fused-ring (bicyclic) bond motifs is 1. The van der Waals surface area contributed by atoms with Crippen molar-refractivity contribution in [1.29, 1.82) is 0 Å². The number of nitrogens with zero attached hydrogens (tertiary/aromatic N) is 2. The largest absolute Gasteiger partial charge is 0.456 e. The van der Waals surface area contributed by atoms with Gasteiger partial charge in [0.25, 0.3) is 6.01 Å². The minimum absolute atomic E-state index is 0.0333. The summed E-state index contributed by atoms with van der Waals surface area (Å²) >= 11 is 1.57. The summed E-state index contributed by atoms with van der Waals surface area (Å²) in [6.07, 6.45) is -0.874. The minimum atomic E-state index is -1.07. The lowest BCUT2D eigenvalue weighted by atomic mass is 9.98. The summed E-state index contributed by atoms with van der Waals surface area (Å²) in [5.74, 6) is -1.57. The molecule has 7 nitrogen and oxygen atoms in total. The molecular weight excluding hydrogens is 500 g/mol. The first-order valence-corrected chi connectivity index (χ1v) is 12.5. The molecule has 3 atom stereocenters. The molecule has 5 aromatic rings. The number of hydrogen-bond acceptors (Lipinski definition) is 7. The lowest BCUT2D eigenvalue weighted by molar-refractivity contribution is -0.00390.